The number of hydrogen-bond donors (Lipinski definition) is 1. The zero-order valence-corrected chi connectivity index (χ0v) is 5.84. The summed E-state index contributed by atoms with van der Waals surface area (Å²) in [7, 11) is 0. The maximum Gasteiger partial charge on any atom is 0.408 e. The Kier molecular flexibility index (Phi) is 3.43. The molecule has 0 aliphatic carbocycles. The average Bonchev–Trinajstić information content (AvgIpc) is 1.90. The van der Waals surface area contributed by atoms with Crippen LogP contribution in [0, 0.1) is 0 Å². The Bertz CT molecular complexity index is 218. The van der Waals surface area contributed by atoms with E-state index in [4.69, 9.17) is 5.11 Å². The number of hydrogen-bond acceptors (Lipinski definition) is 2. The minimum absolute atomic E-state index is 0. The Labute approximate surface area is 64.2 Å². The van der Waals surface area contributed by atoms with Crippen LogP contribution in [0.25, 0.3) is 0 Å². The predicted molar refractivity (Wildman–Crippen MR) is 40.3 cm³/mol. The Morgan fingerprint density at radius 2 is 2.20 bits per heavy atom. The highest BCUT2D eigenvalue weighted by molar-refractivity contribution is 6.40. The molecular weight excluding hydrogens is 154 g/mol. The molecule has 53 valence electrons. The minimum Gasteiger partial charge on any atom is -0.473 e. The van der Waals surface area contributed by atoms with Gasteiger partial charge in [0, 0.05) is 12.2 Å². The summed E-state index contributed by atoms with van der Waals surface area (Å²) in [6, 6.07) is 0. The van der Waals surface area contributed by atoms with Crippen LogP contribution in [0.3, 0.4) is 0 Å². The van der Waals surface area contributed by atoms with Crippen LogP contribution in [-0.2, 0) is 4.79 Å². The van der Waals surface area contributed by atoms with Gasteiger partial charge in [-0.2, -0.15) is 0 Å². The third-order valence-corrected chi connectivity index (χ3v) is 0.884. The van der Waals surface area contributed by atoms with Gasteiger partial charge in [0.25, 0.3) is 0 Å². The lowest BCUT2D eigenvalue weighted by Gasteiger charge is -1.79. The quantitative estimate of drug-likeness (QED) is 0.601. The maximum atomic E-state index is 10.1. The van der Waals surface area contributed by atoms with Crippen molar-refractivity contribution in [3.8, 4) is 0 Å². The molecule has 3 nitrogen and oxygen atoms in total. The van der Waals surface area contributed by atoms with Gasteiger partial charge >= 0.3 is 11.7 Å². The number of allylic oxidation sites excluding steroid dienone is 2. The largest absolute Gasteiger partial charge is 0.473 e. The first kappa shape index (κ1) is 8.91. The molecule has 1 rings (SSSR count). The van der Waals surface area contributed by atoms with Crippen LogP contribution in [-0.4, -0.2) is 16.8 Å². The predicted octanol–water partition coefficient (Wildman–Crippen LogP) is 0.353. The molecule has 0 aromatic heterocycles. The van der Waals surface area contributed by atoms with Gasteiger partial charge in [-0.05, 0) is 6.08 Å². The first-order chi connectivity index (χ1) is 4.30. The number of carboxylic acid groups (broad SMARTS) is 1. The van der Waals surface area contributed by atoms with Gasteiger partial charge in [-0.25, -0.2) is 4.79 Å². The molecule has 0 saturated heterocycles. The first-order valence-corrected chi connectivity index (χ1v) is 2.45. The van der Waals surface area contributed by atoms with Crippen molar-refractivity contribution < 1.29 is 9.90 Å². The van der Waals surface area contributed by atoms with Gasteiger partial charge in [-0.3, -0.25) is 0 Å². The normalized spacial score (nSPS) is 13.8. The lowest BCUT2D eigenvalue weighted by molar-refractivity contribution is -0.129. The number of aliphatic imine (C=N–C) groups is 1. The van der Waals surface area contributed by atoms with Crippen molar-refractivity contribution in [1.82, 2.24) is 4.99 Å². The Balaban J connectivity index is 0.000000810. The second kappa shape index (κ2) is 3.85. The molecule has 10 heavy (non-hydrogen) atoms. The van der Waals surface area contributed by atoms with Crippen molar-refractivity contribution >= 4 is 24.1 Å². The zero-order valence-electron chi connectivity index (χ0n) is 5.02. The van der Waals surface area contributed by atoms with Gasteiger partial charge in [-0.15, -0.1) is 12.4 Å². The zero-order chi connectivity index (χ0) is 6.69. The maximum absolute atomic E-state index is 10.1. The molecule has 1 heterocycles. The molecule has 0 aromatic carbocycles. The van der Waals surface area contributed by atoms with Crippen molar-refractivity contribution in [2.24, 2.45) is 0 Å². The molecule has 0 aromatic rings. The summed E-state index contributed by atoms with van der Waals surface area (Å²) in [6.45, 7) is 0. The van der Waals surface area contributed by atoms with Gasteiger partial charge < -0.3 is 5.11 Å². The average molecular weight is 160 g/mol. The van der Waals surface area contributed by atoms with Crippen LogP contribution in [0.15, 0.2) is 24.4 Å². The highest BCUT2D eigenvalue weighted by Gasteiger charge is 2.16. The molecule has 1 aliphatic rings. The second-order valence-corrected chi connectivity index (χ2v) is 1.52. The number of carbonyl (C=O) groups is 1. The molecule has 0 saturated carbocycles. The summed E-state index contributed by atoms with van der Waals surface area (Å²) >= 11 is 0. The molecule has 0 amide bonds. The van der Waals surface area contributed by atoms with E-state index in [2.05, 4.69) is 4.99 Å². The fourth-order valence-electron chi connectivity index (χ4n) is 0.489. The van der Waals surface area contributed by atoms with Gasteiger partial charge in [-0.1, -0.05) is 0 Å². The van der Waals surface area contributed by atoms with Crippen LogP contribution in [0.2, 0.25) is 0 Å². The van der Waals surface area contributed by atoms with Crippen LogP contribution in [0.4, 0.5) is 0 Å². The van der Waals surface area contributed by atoms with Crippen molar-refractivity contribution in [2.45, 2.75) is 0 Å². The smallest absolute Gasteiger partial charge is 0.408 e. The summed E-state index contributed by atoms with van der Waals surface area (Å²) < 4.78 is 0. The highest BCUT2D eigenvalue weighted by atomic mass is 35.5. The van der Waals surface area contributed by atoms with Gasteiger partial charge in [0.2, 0.25) is 6.20 Å². The number of aliphatic carboxylic acids is 1. The fraction of sp³-hybridized carbons (Fsp3) is 0. The van der Waals surface area contributed by atoms with E-state index in [0.29, 0.717) is 0 Å². The fourth-order valence-corrected chi connectivity index (χ4v) is 0.489. The van der Waals surface area contributed by atoms with E-state index in [-0.39, 0.29) is 18.1 Å². The van der Waals surface area contributed by atoms with Crippen molar-refractivity contribution in [1.29, 1.82) is 0 Å². The molecule has 1 N–H and O–H groups in total. The van der Waals surface area contributed by atoms with E-state index in [9.17, 15) is 4.79 Å². The van der Waals surface area contributed by atoms with E-state index < -0.39 is 5.97 Å². The minimum atomic E-state index is -0.990. The van der Waals surface area contributed by atoms with Crippen LogP contribution in [0.1, 0.15) is 0 Å². The molecule has 4 heteroatoms. The number of nitrogens with zero attached hydrogens (tertiary/aromatic N) is 1. The van der Waals surface area contributed by atoms with E-state index in [1.54, 1.807) is 12.2 Å². The summed E-state index contributed by atoms with van der Waals surface area (Å²) in [5.41, 5.74) is 0.0810. The van der Waals surface area contributed by atoms with Crippen molar-refractivity contribution in [3.05, 3.63) is 24.4 Å². The second-order valence-electron chi connectivity index (χ2n) is 1.52. The molecule has 0 spiro atoms. The third kappa shape index (κ3) is 2.03. The Hall–Kier alpha value is -1.09. The molecule has 0 unspecified atom stereocenters. The lowest BCUT2D eigenvalue weighted by atomic mass is 10.3. The molecule has 0 fully saturated rings. The van der Waals surface area contributed by atoms with Crippen LogP contribution < -0.4 is 4.99 Å². The Morgan fingerprint density at radius 3 is 2.50 bits per heavy atom. The van der Waals surface area contributed by atoms with Crippen LogP contribution in [0.5, 0.6) is 0 Å². The first-order valence-electron chi connectivity index (χ1n) is 2.45. The van der Waals surface area contributed by atoms with Gasteiger partial charge in [0.1, 0.15) is 0 Å². The monoisotopic (exact) mass is 159 g/mol. The summed E-state index contributed by atoms with van der Waals surface area (Å²) in [5.74, 6) is -0.990. The molecular formula is C6H6ClNO2+. The van der Waals surface area contributed by atoms with Gasteiger partial charge in [0.15, 0.2) is 0 Å². The number of carboxylic acids is 1. The summed E-state index contributed by atoms with van der Waals surface area (Å²) in [5, 5.41) is 8.32. The number of halogens is 1. The SMILES string of the molecule is Cl.O=C(O)C1=[N+]C=CC=C1. The highest BCUT2D eigenvalue weighted by Crippen LogP contribution is 1.85. The molecule has 1 radical (unpaired) electrons. The topological polar surface area (TPSA) is 51.4 Å². The van der Waals surface area contributed by atoms with Crippen molar-refractivity contribution in [3.63, 3.8) is 0 Å². The Morgan fingerprint density at radius 1 is 1.50 bits per heavy atom. The van der Waals surface area contributed by atoms with Gasteiger partial charge in [0.05, 0.1) is 4.99 Å². The van der Waals surface area contributed by atoms with E-state index in [0.717, 1.165) is 0 Å². The third-order valence-electron chi connectivity index (χ3n) is 0.884. The van der Waals surface area contributed by atoms with E-state index in [1.807, 2.05) is 0 Å². The molecule has 1 aliphatic heterocycles. The summed E-state index contributed by atoms with van der Waals surface area (Å²) in [6.07, 6.45) is 6.20. The molecule has 0 bridgehead atoms. The van der Waals surface area contributed by atoms with Crippen molar-refractivity contribution in [2.75, 3.05) is 0 Å². The molecule has 0 atom stereocenters. The van der Waals surface area contributed by atoms with E-state index >= 15 is 0 Å². The standard InChI is InChI=1S/C6H5NO2.ClH/c8-6(9)5-3-1-2-4-7-5;/h1-4H,(H,8,9);1H/q+1;. The summed E-state index contributed by atoms with van der Waals surface area (Å²) in [4.78, 5) is 13.7. The van der Waals surface area contributed by atoms with E-state index in [1.165, 1.54) is 12.3 Å². The number of rotatable bonds is 1. The van der Waals surface area contributed by atoms with Crippen LogP contribution >= 0.6 is 12.4 Å². The lowest BCUT2D eigenvalue weighted by Crippen LogP contribution is -2.15.